The molecule has 3 nitrogen and oxygen atoms in total. The van der Waals surface area contributed by atoms with E-state index in [1.807, 2.05) is 13.8 Å². The average Bonchev–Trinajstić information content (AvgIpc) is 2.33. The minimum atomic E-state index is -1.01. The summed E-state index contributed by atoms with van der Waals surface area (Å²) < 4.78 is 27.1. The summed E-state index contributed by atoms with van der Waals surface area (Å²) in [7, 11) is 0. The fourth-order valence-electron chi connectivity index (χ4n) is 1.55. The first-order valence-electron chi connectivity index (χ1n) is 5.92. The van der Waals surface area contributed by atoms with Crippen molar-refractivity contribution in [2.24, 2.45) is 5.92 Å². The smallest absolute Gasteiger partial charge is 0.257 e. The molecule has 0 aliphatic carbocycles. The maximum Gasteiger partial charge on any atom is 0.257 e. The second-order valence-corrected chi connectivity index (χ2v) is 4.47. The van der Waals surface area contributed by atoms with Gasteiger partial charge in [-0.15, -0.1) is 0 Å². The van der Waals surface area contributed by atoms with Crippen LogP contribution in [0.1, 0.15) is 37.6 Å². The van der Waals surface area contributed by atoms with Gasteiger partial charge in [-0.2, -0.15) is 0 Å². The van der Waals surface area contributed by atoms with Gasteiger partial charge in [0.15, 0.2) is 5.82 Å². The third kappa shape index (κ3) is 2.97. The van der Waals surface area contributed by atoms with E-state index < -0.39 is 23.1 Å². The summed E-state index contributed by atoms with van der Waals surface area (Å²) in [5.74, 6) is -2.47. The lowest BCUT2D eigenvalue weighted by molar-refractivity contribution is 0.0919. The highest BCUT2D eigenvalue weighted by atomic mass is 19.1. The van der Waals surface area contributed by atoms with Crippen LogP contribution in [0.3, 0.4) is 0 Å². The van der Waals surface area contributed by atoms with E-state index in [1.165, 1.54) is 0 Å². The van der Waals surface area contributed by atoms with Crippen LogP contribution < -0.4 is 11.1 Å². The van der Waals surface area contributed by atoms with Gasteiger partial charge < -0.3 is 11.1 Å². The molecule has 0 aromatic heterocycles. The summed E-state index contributed by atoms with van der Waals surface area (Å²) in [4.78, 5) is 11.8. The lowest BCUT2D eigenvalue weighted by atomic mass is 10.0. The van der Waals surface area contributed by atoms with Crippen LogP contribution in [0.25, 0.3) is 0 Å². The van der Waals surface area contributed by atoms with Crippen LogP contribution in [0, 0.1) is 17.6 Å². The fourth-order valence-corrected chi connectivity index (χ4v) is 1.55. The SMILES string of the molecule is CCC(C)C(C)NC(=O)c1c(F)ccc(N)c1F. The van der Waals surface area contributed by atoms with Crippen molar-refractivity contribution in [3.8, 4) is 0 Å². The Morgan fingerprint density at radius 1 is 1.39 bits per heavy atom. The molecule has 0 radical (unpaired) electrons. The Kier molecular flexibility index (Phi) is 4.64. The molecule has 0 saturated carbocycles. The molecule has 1 amide bonds. The zero-order valence-corrected chi connectivity index (χ0v) is 10.8. The number of nitrogens with two attached hydrogens (primary N) is 1. The number of benzene rings is 1. The highest BCUT2D eigenvalue weighted by Crippen LogP contribution is 2.19. The third-order valence-electron chi connectivity index (χ3n) is 3.20. The lowest BCUT2D eigenvalue weighted by Gasteiger charge is -2.20. The Labute approximate surface area is 105 Å². The number of nitrogen functional groups attached to an aromatic ring is 1. The van der Waals surface area contributed by atoms with E-state index in [0.29, 0.717) is 0 Å². The molecule has 18 heavy (non-hydrogen) atoms. The van der Waals surface area contributed by atoms with Gasteiger partial charge in [-0.05, 0) is 25.0 Å². The van der Waals surface area contributed by atoms with Crippen LogP contribution in [0.2, 0.25) is 0 Å². The van der Waals surface area contributed by atoms with E-state index in [9.17, 15) is 13.6 Å². The molecule has 0 saturated heterocycles. The molecule has 1 rings (SSSR count). The van der Waals surface area contributed by atoms with Crippen LogP contribution in [0.15, 0.2) is 12.1 Å². The summed E-state index contributed by atoms with van der Waals surface area (Å²) in [5, 5.41) is 2.58. The van der Waals surface area contributed by atoms with E-state index in [1.54, 1.807) is 6.92 Å². The molecule has 1 aromatic carbocycles. The van der Waals surface area contributed by atoms with Crippen molar-refractivity contribution >= 4 is 11.6 Å². The molecule has 100 valence electrons. The predicted molar refractivity (Wildman–Crippen MR) is 67.2 cm³/mol. The van der Waals surface area contributed by atoms with Gasteiger partial charge in [-0.1, -0.05) is 20.3 Å². The van der Waals surface area contributed by atoms with Crippen LogP contribution >= 0.6 is 0 Å². The van der Waals surface area contributed by atoms with E-state index in [0.717, 1.165) is 18.6 Å². The van der Waals surface area contributed by atoms with Crippen LogP contribution in [0.4, 0.5) is 14.5 Å². The number of anilines is 1. The molecular weight excluding hydrogens is 238 g/mol. The maximum absolute atomic E-state index is 13.6. The van der Waals surface area contributed by atoms with Gasteiger partial charge >= 0.3 is 0 Å². The first-order chi connectivity index (χ1) is 8.38. The minimum absolute atomic E-state index is 0.164. The van der Waals surface area contributed by atoms with Crippen molar-refractivity contribution < 1.29 is 13.6 Å². The second kappa shape index (κ2) is 5.80. The second-order valence-electron chi connectivity index (χ2n) is 4.47. The highest BCUT2D eigenvalue weighted by Gasteiger charge is 2.22. The summed E-state index contributed by atoms with van der Waals surface area (Å²) in [6, 6.07) is 1.92. The molecule has 3 N–H and O–H groups in total. The van der Waals surface area contributed by atoms with E-state index in [-0.39, 0.29) is 17.6 Å². The normalized spacial score (nSPS) is 14.1. The summed E-state index contributed by atoms with van der Waals surface area (Å²) >= 11 is 0. The van der Waals surface area contributed by atoms with Gasteiger partial charge in [0.1, 0.15) is 11.4 Å². The molecule has 0 aliphatic heterocycles. The first kappa shape index (κ1) is 14.4. The van der Waals surface area contributed by atoms with Crippen molar-refractivity contribution in [2.75, 3.05) is 5.73 Å². The van der Waals surface area contributed by atoms with E-state index in [4.69, 9.17) is 5.73 Å². The van der Waals surface area contributed by atoms with Crippen molar-refractivity contribution in [3.63, 3.8) is 0 Å². The number of hydrogen-bond donors (Lipinski definition) is 2. The van der Waals surface area contributed by atoms with Crippen molar-refractivity contribution in [2.45, 2.75) is 33.2 Å². The maximum atomic E-state index is 13.6. The zero-order chi connectivity index (χ0) is 13.9. The van der Waals surface area contributed by atoms with Gasteiger partial charge in [-0.25, -0.2) is 8.78 Å². The molecule has 1 aromatic rings. The summed E-state index contributed by atoms with van der Waals surface area (Å²) in [5.41, 5.74) is 4.46. The third-order valence-corrected chi connectivity index (χ3v) is 3.20. The average molecular weight is 256 g/mol. The van der Waals surface area contributed by atoms with Gasteiger partial charge in [0.05, 0.1) is 5.69 Å². The molecular formula is C13H18F2N2O. The molecule has 5 heteroatoms. The zero-order valence-electron chi connectivity index (χ0n) is 10.8. The molecule has 2 unspecified atom stereocenters. The monoisotopic (exact) mass is 256 g/mol. The number of carbonyl (C=O) groups excluding carboxylic acids is 1. The molecule has 0 aliphatic rings. The number of hydrogen-bond acceptors (Lipinski definition) is 2. The Hall–Kier alpha value is -1.65. The Bertz CT molecular complexity index is 449. The highest BCUT2D eigenvalue weighted by molar-refractivity contribution is 5.95. The number of rotatable bonds is 4. The van der Waals surface area contributed by atoms with Crippen LogP contribution in [-0.2, 0) is 0 Å². The Morgan fingerprint density at radius 2 is 2.00 bits per heavy atom. The molecule has 0 fully saturated rings. The van der Waals surface area contributed by atoms with Crippen molar-refractivity contribution in [3.05, 3.63) is 29.3 Å². The minimum Gasteiger partial charge on any atom is -0.396 e. The van der Waals surface area contributed by atoms with E-state index in [2.05, 4.69) is 5.32 Å². The fraction of sp³-hybridized carbons (Fsp3) is 0.462. The Morgan fingerprint density at radius 3 is 2.56 bits per heavy atom. The van der Waals surface area contributed by atoms with Gasteiger partial charge in [0.2, 0.25) is 0 Å². The van der Waals surface area contributed by atoms with Gasteiger partial charge in [-0.3, -0.25) is 4.79 Å². The molecule has 2 atom stereocenters. The molecule has 0 spiro atoms. The lowest BCUT2D eigenvalue weighted by Crippen LogP contribution is -2.37. The largest absolute Gasteiger partial charge is 0.396 e. The number of amides is 1. The van der Waals surface area contributed by atoms with Crippen LogP contribution in [0.5, 0.6) is 0 Å². The Balaban J connectivity index is 2.95. The van der Waals surface area contributed by atoms with Crippen molar-refractivity contribution in [1.29, 1.82) is 0 Å². The number of carbonyl (C=O) groups is 1. The first-order valence-corrected chi connectivity index (χ1v) is 5.92. The molecule has 0 heterocycles. The predicted octanol–water partition coefficient (Wildman–Crippen LogP) is 2.71. The number of halogens is 2. The van der Waals surface area contributed by atoms with Crippen LogP contribution in [-0.4, -0.2) is 11.9 Å². The quantitative estimate of drug-likeness (QED) is 0.814. The number of nitrogens with one attached hydrogen (secondary N) is 1. The summed E-state index contributed by atoms with van der Waals surface area (Å²) in [6.45, 7) is 5.74. The van der Waals surface area contributed by atoms with E-state index >= 15 is 0 Å². The van der Waals surface area contributed by atoms with Gasteiger partial charge in [0, 0.05) is 6.04 Å². The summed E-state index contributed by atoms with van der Waals surface area (Å²) in [6.07, 6.45) is 0.864. The topological polar surface area (TPSA) is 55.1 Å². The van der Waals surface area contributed by atoms with Crippen molar-refractivity contribution in [1.82, 2.24) is 5.32 Å². The molecule has 0 bridgehead atoms. The van der Waals surface area contributed by atoms with Gasteiger partial charge in [0.25, 0.3) is 5.91 Å². The standard InChI is InChI=1S/C13H18F2N2O/c1-4-7(2)8(3)17-13(18)11-9(14)5-6-10(16)12(11)15/h5-8H,4,16H2,1-3H3,(H,17,18).